The van der Waals surface area contributed by atoms with Crippen molar-refractivity contribution in [1.29, 1.82) is 0 Å². The summed E-state index contributed by atoms with van der Waals surface area (Å²) < 4.78 is 23.6. The second-order valence-electron chi connectivity index (χ2n) is 6.35. The maximum atomic E-state index is 6.10. The van der Waals surface area contributed by atoms with E-state index in [0.717, 1.165) is 17.5 Å². The Morgan fingerprint density at radius 3 is 1.88 bits per heavy atom. The van der Waals surface area contributed by atoms with Crippen LogP contribution in [0, 0.1) is 0 Å². The third-order valence-electron chi connectivity index (χ3n) is 4.49. The molecule has 0 aromatic heterocycles. The monoisotopic (exact) mass is 342 g/mol. The van der Waals surface area contributed by atoms with Crippen molar-refractivity contribution in [2.24, 2.45) is 0 Å². The van der Waals surface area contributed by atoms with Gasteiger partial charge in [0.25, 0.3) is 0 Å². The predicted molar refractivity (Wildman–Crippen MR) is 96.0 cm³/mol. The first-order valence-electron chi connectivity index (χ1n) is 8.75. The van der Waals surface area contributed by atoms with E-state index in [1.54, 1.807) is 7.11 Å². The van der Waals surface area contributed by atoms with Crippen molar-refractivity contribution in [3.05, 3.63) is 71.8 Å². The van der Waals surface area contributed by atoms with Crippen molar-refractivity contribution in [3.63, 3.8) is 0 Å². The van der Waals surface area contributed by atoms with Crippen molar-refractivity contribution in [2.45, 2.75) is 51.2 Å². The van der Waals surface area contributed by atoms with Gasteiger partial charge < -0.3 is 18.9 Å². The van der Waals surface area contributed by atoms with Gasteiger partial charge >= 0.3 is 0 Å². The second kappa shape index (κ2) is 9.11. The molecular weight excluding hydrogens is 316 g/mol. The molecule has 0 N–H and O–H groups in total. The smallest absolute Gasteiger partial charge is 0.183 e. The molecule has 2 aromatic rings. The van der Waals surface area contributed by atoms with Crippen LogP contribution < -0.4 is 0 Å². The van der Waals surface area contributed by atoms with Gasteiger partial charge in [0.2, 0.25) is 0 Å². The first-order chi connectivity index (χ1) is 12.3. The van der Waals surface area contributed by atoms with Gasteiger partial charge in [-0.1, -0.05) is 60.7 Å². The fourth-order valence-corrected chi connectivity index (χ4v) is 3.03. The molecule has 4 nitrogen and oxygen atoms in total. The van der Waals surface area contributed by atoms with Crippen LogP contribution in [-0.4, -0.2) is 31.7 Å². The van der Waals surface area contributed by atoms with Gasteiger partial charge in [-0.25, -0.2) is 0 Å². The van der Waals surface area contributed by atoms with Crippen LogP contribution >= 0.6 is 0 Å². The lowest BCUT2D eigenvalue weighted by molar-refractivity contribution is -0.271. The summed E-state index contributed by atoms with van der Waals surface area (Å²) in [6.07, 6.45) is 0.175. The number of hydrogen-bond donors (Lipinski definition) is 0. The van der Waals surface area contributed by atoms with Crippen LogP contribution in [0.1, 0.15) is 24.5 Å². The Morgan fingerprint density at radius 2 is 1.36 bits per heavy atom. The molecule has 0 spiro atoms. The Hall–Kier alpha value is -1.72. The summed E-state index contributed by atoms with van der Waals surface area (Å²) in [6, 6.07) is 20.3. The highest BCUT2D eigenvalue weighted by Gasteiger charge is 2.37. The summed E-state index contributed by atoms with van der Waals surface area (Å²) >= 11 is 0. The SMILES string of the molecule is CO[C@H]1O[C@H](C)[C@@H](OCc2ccccc2)C[C@H]1OCc1ccccc1. The van der Waals surface area contributed by atoms with E-state index in [1.165, 1.54) is 0 Å². The van der Waals surface area contributed by atoms with E-state index in [9.17, 15) is 0 Å². The molecule has 0 amide bonds. The molecule has 0 aliphatic carbocycles. The van der Waals surface area contributed by atoms with E-state index in [0.29, 0.717) is 13.2 Å². The lowest BCUT2D eigenvalue weighted by atomic mass is 10.0. The highest BCUT2D eigenvalue weighted by molar-refractivity contribution is 5.14. The molecule has 1 heterocycles. The fraction of sp³-hybridized carbons (Fsp3) is 0.429. The number of hydrogen-bond acceptors (Lipinski definition) is 4. The molecule has 1 aliphatic rings. The van der Waals surface area contributed by atoms with E-state index in [-0.39, 0.29) is 24.6 Å². The Labute approximate surface area is 149 Å². The zero-order valence-electron chi connectivity index (χ0n) is 14.8. The van der Waals surface area contributed by atoms with Crippen molar-refractivity contribution < 1.29 is 18.9 Å². The van der Waals surface area contributed by atoms with Gasteiger partial charge in [-0.15, -0.1) is 0 Å². The van der Waals surface area contributed by atoms with E-state index in [1.807, 2.05) is 43.3 Å². The average Bonchev–Trinajstić information content (AvgIpc) is 2.67. The molecule has 0 radical (unpaired) electrons. The van der Waals surface area contributed by atoms with E-state index >= 15 is 0 Å². The lowest BCUT2D eigenvalue weighted by Crippen LogP contribution is -2.48. The van der Waals surface area contributed by atoms with Gasteiger partial charge in [0, 0.05) is 13.5 Å². The number of ether oxygens (including phenoxy) is 4. The molecular formula is C21H26O4. The number of methoxy groups -OCH3 is 1. The Bertz CT molecular complexity index is 616. The van der Waals surface area contributed by atoms with Crippen molar-refractivity contribution in [3.8, 4) is 0 Å². The van der Waals surface area contributed by atoms with Crippen molar-refractivity contribution in [1.82, 2.24) is 0 Å². The zero-order valence-corrected chi connectivity index (χ0v) is 14.8. The second-order valence-corrected chi connectivity index (χ2v) is 6.35. The third kappa shape index (κ3) is 5.13. The first kappa shape index (κ1) is 18.1. The molecule has 0 bridgehead atoms. The minimum absolute atomic E-state index is 0.0209. The van der Waals surface area contributed by atoms with Crippen LogP contribution in [0.15, 0.2) is 60.7 Å². The molecule has 4 heteroatoms. The minimum Gasteiger partial charge on any atom is -0.371 e. The molecule has 0 unspecified atom stereocenters. The molecule has 0 saturated carbocycles. The maximum Gasteiger partial charge on any atom is 0.183 e. The molecule has 25 heavy (non-hydrogen) atoms. The van der Waals surface area contributed by atoms with Gasteiger partial charge in [0.15, 0.2) is 6.29 Å². The van der Waals surface area contributed by atoms with Crippen LogP contribution in [0.4, 0.5) is 0 Å². The van der Waals surface area contributed by atoms with Crippen LogP contribution in [0.25, 0.3) is 0 Å². The standard InChI is InChI=1S/C21H26O4/c1-16-19(23-14-17-9-5-3-6-10-17)13-20(21(22-2)25-16)24-15-18-11-7-4-8-12-18/h3-12,16,19-21H,13-15H2,1-2H3/t16-,19+,20-,21+/m1/s1. The van der Waals surface area contributed by atoms with Gasteiger partial charge in [-0.3, -0.25) is 0 Å². The quantitative estimate of drug-likeness (QED) is 0.764. The van der Waals surface area contributed by atoms with E-state index in [4.69, 9.17) is 18.9 Å². The molecule has 3 rings (SSSR count). The van der Waals surface area contributed by atoms with Crippen LogP contribution in [-0.2, 0) is 32.2 Å². The number of benzene rings is 2. The lowest BCUT2D eigenvalue weighted by Gasteiger charge is -2.39. The Kier molecular flexibility index (Phi) is 6.59. The average molecular weight is 342 g/mol. The predicted octanol–water partition coefficient (Wildman–Crippen LogP) is 3.94. The molecule has 2 aromatic carbocycles. The zero-order chi connectivity index (χ0) is 17.5. The summed E-state index contributed by atoms with van der Waals surface area (Å²) in [4.78, 5) is 0. The van der Waals surface area contributed by atoms with E-state index in [2.05, 4.69) is 24.3 Å². The molecule has 4 atom stereocenters. The van der Waals surface area contributed by atoms with Gasteiger partial charge in [0.1, 0.15) is 6.10 Å². The highest BCUT2D eigenvalue weighted by Crippen LogP contribution is 2.27. The summed E-state index contributed by atoms with van der Waals surface area (Å²) in [5.74, 6) is 0. The van der Waals surface area contributed by atoms with Gasteiger partial charge in [-0.05, 0) is 18.1 Å². The number of rotatable bonds is 7. The topological polar surface area (TPSA) is 36.9 Å². The Morgan fingerprint density at radius 1 is 0.840 bits per heavy atom. The minimum atomic E-state index is -0.365. The van der Waals surface area contributed by atoms with E-state index < -0.39 is 0 Å². The van der Waals surface area contributed by atoms with Crippen LogP contribution in [0.5, 0.6) is 0 Å². The van der Waals surface area contributed by atoms with Crippen LogP contribution in [0.2, 0.25) is 0 Å². The summed E-state index contributed by atoms with van der Waals surface area (Å²) in [7, 11) is 1.65. The third-order valence-corrected chi connectivity index (χ3v) is 4.49. The summed E-state index contributed by atoms with van der Waals surface area (Å²) in [6.45, 7) is 3.13. The summed E-state index contributed by atoms with van der Waals surface area (Å²) in [5, 5.41) is 0. The molecule has 1 saturated heterocycles. The largest absolute Gasteiger partial charge is 0.371 e. The van der Waals surface area contributed by atoms with Gasteiger partial charge in [-0.2, -0.15) is 0 Å². The first-order valence-corrected chi connectivity index (χ1v) is 8.75. The maximum absolute atomic E-state index is 6.10. The fourth-order valence-electron chi connectivity index (χ4n) is 3.03. The molecule has 1 aliphatic heterocycles. The van der Waals surface area contributed by atoms with Crippen molar-refractivity contribution >= 4 is 0 Å². The Balaban J connectivity index is 1.57. The van der Waals surface area contributed by atoms with Crippen LogP contribution in [0.3, 0.4) is 0 Å². The molecule has 1 fully saturated rings. The van der Waals surface area contributed by atoms with Crippen molar-refractivity contribution in [2.75, 3.05) is 7.11 Å². The highest BCUT2D eigenvalue weighted by atomic mass is 16.7. The summed E-state index contributed by atoms with van der Waals surface area (Å²) in [5.41, 5.74) is 2.29. The van der Waals surface area contributed by atoms with Gasteiger partial charge in [0.05, 0.1) is 25.4 Å². The normalized spacial score (nSPS) is 26.5. The molecule has 134 valence electrons.